The number of para-hydroxylation sites is 1. The highest BCUT2D eigenvalue weighted by atomic mass is 19.4. The van der Waals surface area contributed by atoms with E-state index in [4.69, 9.17) is 0 Å². The average molecular weight is 441 g/mol. The number of nitrogens with zero attached hydrogens (tertiary/aromatic N) is 2. The molecule has 1 aromatic carbocycles. The molecule has 2 aliphatic heterocycles. The summed E-state index contributed by atoms with van der Waals surface area (Å²) < 4.78 is 41.5. The molecular formula is C22H30F3N3O3. The molecule has 0 aliphatic carbocycles. The zero-order valence-electron chi connectivity index (χ0n) is 17.6. The number of benzene rings is 1. The molecule has 2 heterocycles. The van der Waals surface area contributed by atoms with Gasteiger partial charge in [-0.05, 0) is 44.8 Å². The zero-order valence-corrected chi connectivity index (χ0v) is 17.6. The minimum atomic E-state index is -4.78. The molecule has 0 atom stereocenters. The van der Waals surface area contributed by atoms with Gasteiger partial charge in [0.1, 0.15) is 5.75 Å². The summed E-state index contributed by atoms with van der Waals surface area (Å²) in [6.45, 7) is 3.13. The van der Waals surface area contributed by atoms with Gasteiger partial charge in [-0.2, -0.15) is 0 Å². The van der Waals surface area contributed by atoms with Gasteiger partial charge in [0.2, 0.25) is 11.8 Å². The van der Waals surface area contributed by atoms with Crippen LogP contribution in [0.25, 0.3) is 0 Å². The van der Waals surface area contributed by atoms with Crippen LogP contribution in [-0.4, -0.2) is 60.7 Å². The number of nitrogens with one attached hydrogen (secondary N) is 1. The molecule has 9 heteroatoms. The molecule has 0 spiro atoms. The van der Waals surface area contributed by atoms with Gasteiger partial charge in [-0.1, -0.05) is 31.0 Å². The van der Waals surface area contributed by atoms with Crippen LogP contribution in [0.3, 0.4) is 0 Å². The van der Waals surface area contributed by atoms with Gasteiger partial charge in [0, 0.05) is 31.1 Å². The van der Waals surface area contributed by atoms with Crippen molar-refractivity contribution in [2.75, 3.05) is 32.7 Å². The van der Waals surface area contributed by atoms with Crippen molar-refractivity contribution in [3.63, 3.8) is 0 Å². The number of rotatable bonds is 6. The standard InChI is InChI=1S/C22H30F3N3O3/c23-22(24,25)31-19-8-4-3-7-18(19)15-26-20(29)16-27-13-9-17(10-14-27)21(30)28-11-5-1-2-6-12-28/h3-4,7-8,17H,1-2,5-6,9-16H2,(H,26,29). The lowest BCUT2D eigenvalue weighted by molar-refractivity contribution is -0.274. The van der Waals surface area contributed by atoms with E-state index in [1.807, 2.05) is 9.80 Å². The van der Waals surface area contributed by atoms with Crippen molar-refractivity contribution in [3.8, 4) is 5.75 Å². The Balaban J connectivity index is 1.42. The monoisotopic (exact) mass is 441 g/mol. The first kappa shape index (κ1) is 23.4. The predicted octanol–water partition coefficient (Wildman–Crippen LogP) is 3.32. The number of hydrogen-bond donors (Lipinski definition) is 1. The van der Waals surface area contributed by atoms with Gasteiger partial charge >= 0.3 is 6.36 Å². The molecular weight excluding hydrogens is 411 g/mol. The average Bonchev–Trinajstić information content (AvgIpc) is 3.02. The lowest BCUT2D eigenvalue weighted by Gasteiger charge is -2.33. The number of carbonyl (C=O) groups is 2. The highest BCUT2D eigenvalue weighted by molar-refractivity contribution is 5.79. The zero-order chi connectivity index (χ0) is 22.3. The van der Waals surface area contributed by atoms with Crippen molar-refractivity contribution in [1.82, 2.24) is 15.1 Å². The molecule has 6 nitrogen and oxygen atoms in total. The SMILES string of the molecule is O=C(CN1CCC(C(=O)N2CCCCCC2)CC1)NCc1ccccc1OC(F)(F)F. The van der Waals surface area contributed by atoms with E-state index >= 15 is 0 Å². The van der Waals surface area contributed by atoms with Crippen molar-refractivity contribution < 1.29 is 27.5 Å². The van der Waals surface area contributed by atoms with Gasteiger partial charge in [-0.15, -0.1) is 13.2 Å². The summed E-state index contributed by atoms with van der Waals surface area (Å²) in [7, 11) is 0. The fourth-order valence-corrected chi connectivity index (χ4v) is 4.21. The summed E-state index contributed by atoms with van der Waals surface area (Å²) in [6, 6.07) is 5.75. The van der Waals surface area contributed by atoms with Crippen LogP contribution in [0.1, 0.15) is 44.1 Å². The van der Waals surface area contributed by atoms with Crippen molar-refractivity contribution in [2.24, 2.45) is 5.92 Å². The van der Waals surface area contributed by atoms with Crippen molar-refractivity contribution in [2.45, 2.75) is 51.4 Å². The Morgan fingerprint density at radius 2 is 1.65 bits per heavy atom. The normalized spacial score (nSPS) is 19.0. The molecule has 2 fully saturated rings. The highest BCUT2D eigenvalue weighted by Crippen LogP contribution is 2.26. The molecule has 0 saturated carbocycles. The Hall–Kier alpha value is -2.29. The Morgan fingerprint density at radius 1 is 1.00 bits per heavy atom. The van der Waals surface area contributed by atoms with E-state index in [0.717, 1.165) is 38.8 Å². The topological polar surface area (TPSA) is 61.9 Å². The number of ether oxygens (including phenoxy) is 1. The second-order valence-corrected chi connectivity index (χ2v) is 8.22. The maximum atomic E-state index is 12.8. The third-order valence-electron chi connectivity index (χ3n) is 5.90. The predicted molar refractivity (Wildman–Crippen MR) is 109 cm³/mol. The van der Waals surface area contributed by atoms with E-state index < -0.39 is 6.36 Å². The van der Waals surface area contributed by atoms with Crippen LogP contribution < -0.4 is 10.1 Å². The van der Waals surface area contributed by atoms with Crippen LogP contribution in [0, 0.1) is 5.92 Å². The van der Waals surface area contributed by atoms with Gasteiger partial charge in [0.25, 0.3) is 0 Å². The van der Waals surface area contributed by atoms with Gasteiger partial charge in [-0.3, -0.25) is 14.5 Å². The molecule has 0 unspecified atom stereocenters. The van der Waals surface area contributed by atoms with Crippen LogP contribution in [0.2, 0.25) is 0 Å². The summed E-state index contributed by atoms with van der Waals surface area (Å²) in [5.41, 5.74) is 0.259. The minimum Gasteiger partial charge on any atom is -0.405 e. The summed E-state index contributed by atoms with van der Waals surface area (Å²) in [4.78, 5) is 29.0. The largest absolute Gasteiger partial charge is 0.573 e. The summed E-state index contributed by atoms with van der Waals surface area (Å²) in [5.74, 6) is -0.321. The molecule has 3 rings (SSSR count). The van der Waals surface area contributed by atoms with E-state index in [2.05, 4.69) is 10.1 Å². The molecule has 0 aromatic heterocycles. The Labute approximate surface area is 180 Å². The number of piperidine rings is 1. The van der Waals surface area contributed by atoms with Crippen LogP contribution in [-0.2, 0) is 16.1 Å². The first-order valence-electron chi connectivity index (χ1n) is 10.9. The first-order chi connectivity index (χ1) is 14.8. The second-order valence-electron chi connectivity index (χ2n) is 8.22. The van der Waals surface area contributed by atoms with E-state index in [0.29, 0.717) is 13.1 Å². The van der Waals surface area contributed by atoms with E-state index in [1.165, 1.54) is 31.0 Å². The minimum absolute atomic E-state index is 0.0174. The van der Waals surface area contributed by atoms with Crippen molar-refractivity contribution >= 4 is 11.8 Å². The number of hydrogen-bond acceptors (Lipinski definition) is 4. The molecule has 0 bridgehead atoms. The maximum absolute atomic E-state index is 12.8. The highest BCUT2D eigenvalue weighted by Gasteiger charge is 2.32. The summed E-state index contributed by atoms with van der Waals surface area (Å²) in [5, 5.41) is 2.66. The van der Waals surface area contributed by atoms with Crippen molar-refractivity contribution in [3.05, 3.63) is 29.8 Å². The summed E-state index contributed by atoms with van der Waals surface area (Å²) in [6.07, 6.45) is 1.18. The fourth-order valence-electron chi connectivity index (χ4n) is 4.21. The lowest BCUT2D eigenvalue weighted by atomic mass is 9.95. The number of amides is 2. The van der Waals surface area contributed by atoms with E-state index in [-0.39, 0.29) is 42.1 Å². The first-order valence-corrected chi connectivity index (χ1v) is 10.9. The van der Waals surface area contributed by atoms with Gasteiger partial charge in [0.15, 0.2) is 0 Å². The molecule has 0 radical (unpaired) electrons. The Bertz CT molecular complexity index is 741. The van der Waals surface area contributed by atoms with Crippen LogP contribution in [0.15, 0.2) is 24.3 Å². The number of alkyl halides is 3. The smallest absolute Gasteiger partial charge is 0.405 e. The van der Waals surface area contributed by atoms with Gasteiger partial charge in [0.05, 0.1) is 6.54 Å². The number of likely N-dealkylation sites (tertiary alicyclic amines) is 2. The second kappa shape index (κ2) is 10.8. The third kappa shape index (κ3) is 7.41. The third-order valence-corrected chi connectivity index (χ3v) is 5.90. The number of carbonyl (C=O) groups excluding carboxylic acids is 2. The molecule has 172 valence electrons. The molecule has 2 saturated heterocycles. The van der Waals surface area contributed by atoms with Crippen LogP contribution in [0.4, 0.5) is 13.2 Å². The van der Waals surface area contributed by atoms with Gasteiger partial charge < -0.3 is 15.0 Å². The quantitative estimate of drug-likeness (QED) is 0.736. The van der Waals surface area contributed by atoms with Crippen LogP contribution >= 0.6 is 0 Å². The van der Waals surface area contributed by atoms with E-state index in [1.54, 1.807) is 6.07 Å². The summed E-state index contributed by atoms with van der Waals surface area (Å²) >= 11 is 0. The molecule has 2 aliphatic rings. The molecule has 1 N–H and O–H groups in total. The molecule has 31 heavy (non-hydrogen) atoms. The molecule has 2 amide bonds. The Morgan fingerprint density at radius 3 is 2.29 bits per heavy atom. The lowest BCUT2D eigenvalue weighted by Crippen LogP contribution is -2.45. The van der Waals surface area contributed by atoms with Crippen molar-refractivity contribution in [1.29, 1.82) is 0 Å². The van der Waals surface area contributed by atoms with E-state index in [9.17, 15) is 22.8 Å². The molecule has 1 aromatic rings. The maximum Gasteiger partial charge on any atom is 0.573 e. The van der Waals surface area contributed by atoms with Gasteiger partial charge in [-0.25, -0.2) is 0 Å². The fraction of sp³-hybridized carbons (Fsp3) is 0.636. The van der Waals surface area contributed by atoms with Crippen LogP contribution in [0.5, 0.6) is 5.75 Å². The number of halogens is 3. The Kier molecular flexibility index (Phi) is 8.17.